The smallest absolute Gasteiger partial charge is 0.177 e. The highest BCUT2D eigenvalue weighted by molar-refractivity contribution is 6.00. The van der Waals surface area contributed by atoms with Crippen LogP contribution in [-0.4, -0.2) is 12.4 Å². The topological polar surface area (TPSA) is 26.3 Å². The van der Waals surface area contributed by atoms with Gasteiger partial charge in [-0.15, -0.1) is 0 Å². The number of ether oxygens (including phenoxy) is 1. The Morgan fingerprint density at radius 2 is 1.65 bits per heavy atom. The van der Waals surface area contributed by atoms with Crippen LogP contribution in [0, 0.1) is 6.92 Å². The molecule has 1 aliphatic carbocycles. The Kier molecular flexibility index (Phi) is 5.93. The number of ketones is 1. The first-order valence-corrected chi connectivity index (χ1v) is 10.0. The molecule has 1 aliphatic rings. The zero-order valence-corrected chi connectivity index (χ0v) is 16.3. The molecule has 2 nitrogen and oxygen atoms in total. The lowest BCUT2D eigenvalue weighted by Gasteiger charge is -2.32. The number of fused-ring (bicyclic) bond motifs is 3. The molecule has 3 rings (SSSR count). The second kappa shape index (κ2) is 8.18. The highest BCUT2D eigenvalue weighted by atomic mass is 16.5. The summed E-state index contributed by atoms with van der Waals surface area (Å²) in [5.74, 6) is 0.211. The van der Waals surface area contributed by atoms with Gasteiger partial charge < -0.3 is 4.74 Å². The van der Waals surface area contributed by atoms with Crippen LogP contribution in [-0.2, 0) is 15.1 Å². The van der Waals surface area contributed by atoms with E-state index in [4.69, 9.17) is 4.74 Å². The number of hydrogen-bond acceptors (Lipinski definition) is 2. The lowest BCUT2D eigenvalue weighted by atomic mass is 9.82. The van der Waals surface area contributed by atoms with Gasteiger partial charge in [0.1, 0.15) is 0 Å². The maximum Gasteiger partial charge on any atom is 0.177 e. The number of rotatable bonds is 9. The molecule has 138 valence electrons. The average Bonchev–Trinajstić information content (AvgIpc) is 2.95. The van der Waals surface area contributed by atoms with Crippen molar-refractivity contribution in [1.29, 1.82) is 0 Å². The number of benzene rings is 2. The van der Waals surface area contributed by atoms with Gasteiger partial charge in [-0.2, -0.15) is 0 Å². The van der Waals surface area contributed by atoms with E-state index in [1.165, 1.54) is 0 Å². The Morgan fingerprint density at radius 1 is 0.923 bits per heavy atom. The molecule has 0 saturated heterocycles. The van der Waals surface area contributed by atoms with Gasteiger partial charge in [0.25, 0.3) is 0 Å². The number of carbonyl (C=O) groups is 1. The first kappa shape index (κ1) is 18.8. The molecular weight excluding hydrogens is 320 g/mol. The number of carbonyl (C=O) groups excluding carboxylic acids is 1. The molecule has 0 radical (unpaired) electrons. The first-order valence-electron chi connectivity index (χ1n) is 10.0. The lowest BCUT2D eigenvalue weighted by Crippen LogP contribution is -2.39. The fourth-order valence-electron chi connectivity index (χ4n) is 4.12. The number of aryl methyl sites for hydroxylation is 1. The molecule has 0 saturated carbocycles. The monoisotopic (exact) mass is 350 g/mol. The van der Waals surface area contributed by atoms with Gasteiger partial charge in [0.15, 0.2) is 11.4 Å². The van der Waals surface area contributed by atoms with Crippen LogP contribution in [0.25, 0.3) is 11.1 Å². The molecule has 0 N–H and O–H groups in total. The van der Waals surface area contributed by atoms with Crippen molar-refractivity contribution >= 4 is 5.78 Å². The summed E-state index contributed by atoms with van der Waals surface area (Å²) >= 11 is 0. The standard InChI is InChI=1S/C24H30O2/c1-4-6-8-16-22(25)24(26-17-7-5-2)21-15-10-9-13-19(21)20-14-11-12-18(3)23(20)24/h9-15H,4-8,16-17H2,1-3H3. The Hall–Kier alpha value is -1.93. The van der Waals surface area contributed by atoms with E-state index in [1.54, 1.807) is 0 Å². The third-order valence-corrected chi connectivity index (χ3v) is 5.44. The second-order valence-electron chi connectivity index (χ2n) is 7.31. The highest BCUT2D eigenvalue weighted by Crippen LogP contribution is 2.52. The van der Waals surface area contributed by atoms with Crippen LogP contribution in [0.4, 0.5) is 0 Å². The van der Waals surface area contributed by atoms with Crippen LogP contribution in [0.15, 0.2) is 42.5 Å². The summed E-state index contributed by atoms with van der Waals surface area (Å²) in [6.07, 6.45) is 5.72. The minimum atomic E-state index is -0.930. The number of hydrogen-bond donors (Lipinski definition) is 0. The molecule has 2 aromatic rings. The van der Waals surface area contributed by atoms with Gasteiger partial charge in [-0.3, -0.25) is 4.79 Å². The molecule has 0 amide bonds. The minimum Gasteiger partial charge on any atom is -0.358 e. The zero-order valence-electron chi connectivity index (χ0n) is 16.3. The van der Waals surface area contributed by atoms with Crippen LogP contribution >= 0.6 is 0 Å². The van der Waals surface area contributed by atoms with Crippen LogP contribution in [0.5, 0.6) is 0 Å². The molecule has 0 aliphatic heterocycles. The van der Waals surface area contributed by atoms with Gasteiger partial charge in [-0.25, -0.2) is 0 Å². The number of Topliss-reactive ketones (excluding diaryl/α,β-unsaturated/α-hetero) is 1. The van der Waals surface area contributed by atoms with Crippen LogP contribution in [0.3, 0.4) is 0 Å². The second-order valence-corrected chi connectivity index (χ2v) is 7.31. The molecule has 26 heavy (non-hydrogen) atoms. The summed E-state index contributed by atoms with van der Waals surface area (Å²) in [6.45, 7) is 7.03. The first-order chi connectivity index (χ1) is 12.7. The van der Waals surface area contributed by atoms with Crippen molar-refractivity contribution in [2.75, 3.05) is 6.61 Å². The van der Waals surface area contributed by atoms with Crippen molar-refractivity contribution in [3.8, 4) is 11.1 Å². The summed E-state index contributed by atoms with van der Waals surface area (Å²) in [6, 6.07) is 14.6. The van der Waals surface area contributed by atoms with Crippen LogP contribution in [0.1, 0.15) is 69.1 Å². The molecule has 0 spiro atoms. The summed E-state index contributed by atoms with van der Waals surface area (Å²) in [4.78, 5) is 13.6. The largest absolute Gasteiger partial charge is 0.358 e. The predicted molar refractivity (Wildman–Crippen MR) is 107 cm³/mol. The van der Waals surface area contributed by atoms with Gasteiger partial charge in [-0.1, -0.05) is 75.6 Å². The summed E-state index contributed by atoms with van der Waals surface area (Å²) in [5.41, 5.74) is 4.60. The SMILES string of the molecule is CCCCCC(=O)C1(OCCCC)c2ccccc2-c2cccc(C)c21. The Balaban J connectivity index is 2.14. The third-order valence-electron chi connectivity index (χ3n) is 5.44. The van der Waals surface area contributed by atoms with Crippen molar-refractivity contribution in [2.45, 2.75) is 64.9 Å². The molecule has 1 unspecified atom stereocenters. The molecule has 1 atom stereocenters. The number of unbranched alkanes of at least 4 members (excludes halogenated alkanes) is 3. The fourth-order valence-corrected chi connectivity index (χ4v) is 4.12. The van der Waals surface area contributed by atoms with E-state index in [2.05, 4.69) is 57.2 Å². The fraction of sp³-hybridized carbons (Fsp3) is 0.458. The van der Waals surface area contributed by atoms with Crippen LogP contribution in [0.2, 0.25) is 0 Å². The van der Waals surface area contributed by atoms with Crippen molar-refractivity contribution in [1.82, 2.24) is 0 Å². The van der Waals surface area contributed by atoms with Gasteiger partial charge in [0.2, 0.25) is 0 Å². The van der Waals surface area contributed by atoms with Crippen molar-refractivity contribution in [3.05, 3.63) is 59.2 Å². The molecular formula is C24H30O2. The third kappa shape index (κ3) is 3.12. The van der Waals surface area contributed by atoms with Gasteiger partial charge in [0.05, 0.1) is 0 Å². The molecule has 0 bridgehead atoms. The zero-order chi connectivity index (χ0) is 18.6. The van der Waals surface area contributed by atoms with E-state index < -0.39 is 5.60 Å². The Labute approximate surface area is 157 Å². The van der Waals surface area contributed by atoms with Gasteiger partial charge in [0, 0.05) is 24.2 Å². The van der Waals surface area contributed by atoms with E-state index in [-0.39, 0.29) is 5.78 Å². The summed E-state index contributed by atoms with van der Waals surface area (Å²) in [5, 5.41) is 0. The van der Waals surface area contributed by atoms with E-state index in [9.17, 15) is 4.79 Å². The van der Waals surface area contributed by atoms with E-state index in [1.807, 2.05) is 6.07 Å². The quantitative estimate of drug-likeness (QED) is 0.504. The van der Waals surface area contributed by atoms with Gasteiger partial charge >= 0.3 is 0 Å². The van der Waals surface area contributed by atoms with E-state index in [0.717, 1.165) is 59.9 Å². The average molecular weight is 351 g/mol. The summed E-state index contributed by atoms with van der Waals surface area (Å²) in [7, 11) is 0. The normalized spacial score (nSPS) is 17.8. The maximum atomic E-state index is 13.6. The van der Waals surface area contributed by atoms with Crippen molar-refractivity contribution in [2.24, 2.45) is 0 Å². The minimum absolute atomic E-state index is 0.211. The van der Waals surface area contributed by atoms with E-state index >= 15 is 0 Å². The lowest BCUT2D eigenvalue weighted by molar-refractivity contribution is -0.140. The molecule has 0 fully saturated rings. The Bertz CT molecular complexity index is 778. The molecule has 0 aromatic heterocycles. The van der Waals surface area contributed by atoms with E-state index in [0.29, 0.717) is 13.0 Å². The van der Waals surface area contributed by atoms with Crippen molar-refractivity contribution in [3.63, 3.8) is 0 Å². The highest BCUT2D eigenvalue weighted by Gasteiger charge is 2.50. The molecule has 0 heterocycles. The molecule has 2 aromatic carbocycles. The van der Waals surface area contributed by atoms with Crippen molar-refractivity contribution < 1.29 is 9.53 Å². The van der Waals surface area contributed by atoms with Gasteiger partial charge in [-0.05, 0) is 36.5 Å². The predicted octanol–water partition coefficient (Wildman–Crippen LogP) is 6.19. The molecule has 2 heteroatoms. The maximum absolute atomic E-state index is 13.6. The Morgan fingerprint density at radius 3 is 2.42 bits per heavy atom. The summed E-state index contributed by atoms with van der Waals surface area (Å²) < 4.78 is 6.51. The van der Waals surface area contributed by atoms with Crippen LogP contribution < -0.4 is 0 Å².